The molecule has 9 heteroatoms. The summed E-state index contributed by atoms with van der Waals surface area (Å²) in [4.78, 5) is -0.0577. The third-order valence-electron chi connectivity index (χ3n) is 2.49. The molecule has 0 saturated carbocycles. The van der Waals surface area contributed by atoms with Gasteiger partial charge in [-0.25, -0.2) is 21.6 Å². The largest absolute Gasteiger partial charge is 0.497 e. The van der Waals surface area contributed by atoms with Crippen molar-refractivity contribution in [1.82, 2.24) is 4.72 Å². The van der Waals surface area contributed by atoms with Crippen LogP contribution in [0.3, 0.4) is 0 Å². The van der Waals surface area contributed by atoms with Gasteiger partial charge in [0.2, 0.25) is 10.0 Å². The first-order chi connectivity index (χ1) is 9.15. The highest BCUT2D eigenvalue weighted by Crippen LogP contribution is 2.23. The molecule has 20 heavy (non-hydrogen) atoms. The normalized spacial score (nSPS) is 12.3. The average molecular weight is 322 g/mol. The summed E-state index contributed by atoms with van der Waals surface area (Å²) in [6, 6.07) is 4.24. The highest BCUT2D eigenvalue weighted by molar-refractivity contribution is 7.90. The summed E-state index contributed by atoms with van der Waals surface area (Å²) in [6.45, 7) is 0.0286. The minimum absolute atomic E-state index is 0.0286. The topological polar surface area (TPSA) is 116 Å². The third kappa shape index (κ3) is 4.99. The predicted molar refractivity (Wildman–Crippen MR) is 76.9 cm³/mol. The second-order valence-corrected chi connectivity index (χ2v) is 8.28. The molecule has 1 rings (SSSR count). The molecule has 0 fully saturated rings. The molecule has 3 N–H and O–H groups in total. The Morgan fingerprint density at radius 1 is 1.25 bits per heavy atom. The van der Waals surface area contributed by atoms with Gasteiger partial charge in [0.1, 0.15) is 20.5 Å². The van der Waals surface area contributed by atoms with Crippen LogP contribution in [0.1, 0.15) is 6.42 Å². The van der Waals surface area contributed by atoms with Crippen LogP contribution in [0.25, 0.3) is 0 Å². The Bertz CT molecular complexity index is 668. The number of hydrogen-bond acceptors (Lipinski definition) is 6. The lowest BCUT2D eigenvalue weighted by Gasteiger charge is -2.10. The molecule has 0 aliphatic heterocycles. The van der Waals surface area contributed by atoms with Crippen LogP contribution in [-0.2, 0) is 19.9 Å². The number of sulfonamides is 1. The Kier molecular flexibility index (Phi) is 5.37. The lowest BCUT2D eigenvalue weighted by Crippen LogP contribution is -2.26. The van der Waals surface area contributed by atoms with E-state index >= 15 is 0 Å². The first kappa shape index (κ1) is 16.7. The van der Waals surface area contributed by atoms with Gasteiger partial charge in [-0.15, -0.1) is 0 Å². The molecule has 0 heterocycles. The monoisotopic (exact) mass is 322 g/mol. The first-order valence-corrected chi connectivity index (χ1v) is 9.31. The smallest absolute Gasteiger partial charge is 0.242 e. The average Bonchev–Trinajstić information content (AvgIpc) is 2.33. The molecule has 0 saturated heterocycles. The number of anilines is 1. The Hall–Kier alpha value is -1.32. The lowest BCUT2D eigenvalue weighted by molar-refractivity contribution is 0.414. The van der Waals surface area contributed by atoms with Gasteiger partial charge in [-0.1, -0.05) is 0 Å². The van der Waals surface area contributed by atoms with E-state index in [1.165, 1.54) is 25.3 Å². The second-order valence-electron chi connectivity index (χ2n) is 4.28. The van der Waals surface area contributed by atoms with Crippen molar-refractivity contribution in [2.24, 2.45) is 0 Å². The van der Waals surface area contributed by atoms with Crippen molar-refractivity contribution in [3.05, 3.63) is 18.2 Å². The van der Waals surface area contributed by atoms with Gasteiger partial charge < -0.3 is 10.5 Å². The van der Waals surface area contributed by atoms with E-state index in [0.29, 0.717) is 5.75 Å². The van der Waals surface area contributed by atoms with Crippen LogP contribution >= 0.6 is 0 Å². The minimum Gasteiger partial charge on any atom is -0.497 e. The molecule has 1 aromatic carbocycles. The zero-order valence-corrected chi connectivity index (χ0v) is 12.9. The molecule has 0 radical (unpaired) electrons. The van der Waals surface area contributed by atoms with Crippen LogP contribution in [0.2, 0.25) is 0 Å². The third-order valence-corrected chi connectivity index (χ3v) is 5.06. The minimum atomic E-state index is -3.76. The number of nitrogen functional groups attached to an aromatic ring is 1. The summed E-state index contributed by atoms with van der Waals surface area (Å²) < 4.78 is 53.1. The first-order valence-electron chi connectivity index (χ1n) is 5.76. The van der Waals surface area contributed by atoms with E-state index < -0.39 is 19.9 Å². The zero-order valence-electron chi connectivity index (χ0n) is 11.3. The number of sulfone groups is 1. The van der Waals surface area contributed by atoms with E-state index in [9.17, 15) is 16.8 Å². The van der Waals surface area contributed by atoms with E-state index in [0.717, 1.165) is 6.26 Å². The summed E-state index contributed by atoms with van der Waals surface area (Å²) in [5, 5.41) is 0. The van der Waals surface area contributed by atoms with E-state index in [1.807, 2.05) is 0 Å². The molecule has 0 spiro atoms. The van der Waals surface area contributed by atoms with Crippen molar-refractivity contribution < 1.29 is 21.6 Å². The molecule has 7 nitrogen and oxygen atoms in total. The molecule has 0 aliphatic carbocycles. The number of methoxy groups -OCH3 is 1. The van der Waals surface area contributed by atoms with Crippen LogP contribution < -0.4 is 15.2 Å². The van der Waals surface area contributed by atoms with Gasteiger partial charge in [0.05, 0.1) is 18.6 Å². The molecule has 0 amide bonds. The van der Waals surface area contributed by atoms with E-state index in [2.05, 4.69) is 4.72 Å². The Balaban J connectivity index is 2.74. The molecule has 114 valence electrons. The van der Waals surface area contributed by atoms with Crippen LogP contribution in [0, 0.1) is 0 Å². The summed E-state index contributed by atoms with van der Waals surface area (Å²) >= 11 is 0. The summed E-state index contributed by atoms with van der Waals surface area (Å²) in [7, 11) is -5.41. The number of hydrogen-bond donors (Lipinski definition) is 2. The molecular weight excluding hydrogens is 304 g/mol. The molecule has 0 unspecified atom stereocenters. The van der Waals surface area contributed by atoms with Crippen LogP contribution in [0.5, 0.6) is 5.75 Å². The van der Waals surface area contributed by atoms with Gasteiger partial charge in [0.25, 0.3) is 0 Å². The van der Waals surface area contributed by atoms with Crippen molar-refractivity contribution in [1.29, 1.82) is 0 Å². The predicted octanol–water partition coefficient (Wildman–Crippen LogP) is -0.00960. The maximum atomic E-state index is 12.0. The van der Waals surface area contributed by atoms with Gasteiger partial charge in [0.15, 0.2) is 0 Å². The zero-order chi connectivity index (χ0) is 15.4. The van der Waals surface area contributed by atoms with E-state index in [-0.39, 0.29) is 29.3 Å². The highest BCUT2D eigenvalue weighted by atomic mass is 32.2. The van der Waals surface area contributed by atoms with Crippen LogP contribution in [0.4, 0.5) is 5.69 Å². The van der Waals surface area contributed by atoms with E-state index in [4.69, 9.17) is 10.5 Å². The van der Waals surface area contributed by atoms with Crippen LogP contribution in [0.15, 0.2) is 23.1 Å². The fourth-order valence-electron chi connectivity index (χ4n) is 1.52. The second kappa shape index (κ2) is 6.42. The molecule has 0 bridgehead atoms. The van der Waals surface area contributed by atoms with Crippen molar-refractivity contribution >= 4 is 25.5 Å². The SMILES string of the molecule is COc1ccc(S(=O)(=O)NCCCS(C)(=O)=O)c(N)c1. The lowest BCUT2D eigenvalue weighted by atomic mass is 10.3. The quantitative estimate of drug-likeness (QED) is 0.539. The molecule has 0 aromatic heterocycles. The van der Waals surface area contributed by atoms with Crippen molar-refractivity contribution in [3.63, 3.8) is 0 Å². The maximum Gasteiger partial charge on any atom is 0.242 e. The number of rotatable bonds is 7. The van der Waals surface area contributed by atoms with Crippen LogP contribution in [-0.4, -0.2) is 42.5 Å². The summed E-state index contributed by atoms with van der Waals surface area (Å²) in [5.41, 5.74) is 5.73. The number of ether oxygens (including phenoxy) is 1. The van der Waals surface area contributed by atoms with Gasteiger partial charge in [-0.3, -0.25) is 0 Å². The van der Waals surface area contributed by atoms with Crippen molar-refractivity contribution in [2.45, 2.75) is 11.3 Å². The number of nitrogens with one attached hydrogen (secondary N) is 1. The van der Waals surface area contributed by atoms with Crippen molar-refractivity contribution in [2.75, 3.05) is 31.4 Å². The van der Waals surface area contributed by atoms with Gasteiger partial charge in [0, 0.05) is 18.9 Å². The fraction of sp³-hybridized carbons (Fsp3) is 0.455. The molecule has 0 atom stereocenters. The maximum absolute atomic E-state index is 12.0. The Labute approximate surface area is 119 Å². The number of benzene rings is 1. The van der Waals surface area contributed by atoms with Gasteiger partial charge in [-0.05, 0) is 18.6 Å². The number of nitrogens with two attached hydrogens (primary N) is 1. The van der Waals surface area contributed by atoms with Gasteiger partial charge in [-0.2, -0.15) is 0 Å². The highest BCUT2D eigenvalue weighted by Gasteiger charge is 2.17. The fourth-order valence-corrected chi connectivity index (χ4v) is 3.37. The molecular formula is C11H18N2O5S2. The van der Waals surface area contributed by atoms with Crippen molar-refractivity contribution in [3.8, 4) is 5.75 Å². The summed E-state index contributed by atoms with van der Waals surface area (Å²) in [5.74, 6) is 0.381. The Morgan fingerprint density at radius 2 is 1.90 bits per heavy atom. The van der Waals surface area contributed by atoms with E-state index in [1.54, 1.807) is 0 Å². The summed E-state index contributed by atoms with van der Waals surface area (Å²) in [6.07, 6.45) is 1.30. The standard InChI is InChI=1S/C11H18N2O5S2/c1-18-9-4-5-11(10(12)8-9)20(16,17)13-6-3-7-19(2,14)15/h4-5,8,13H,3,6-7,12H2,1-2H3. The Morgan fingerprint density at radius 3 is 2.40 bits per heavy atom. The van der Waals surface area contributed by atoms with Gasteiger partial charge >= 0.3 is 0 Å². The molecule has 1 aromatic rings. The molecule has 0 aliphatic rings.